The van der Waals surface area contributed by atoms with Crippen LogP contribution in [-0.2, 0) is 5.60 Å². The van der Waals surface area contributed by atoms with Gasteiger partial charge in [-0.1, -0.05) is 6.07 Å². The minimum atomic E-state index is -1.63. The molecule has 2 aromatic carbocycles. The predicted octanol–water partition coefficient (Wildman–Crippen LogP) is 4.22. The molecule has 1 saturated heterocycles. The van der Waals surface area contributed by atoms with Gasteiger partial charge in [0.2, 0.25) is 0 Å². The molecule has 3 aromatic rings. The van der Waals surface area contributed by atoms with E-state index in [1.807, 2.05) is 24.3 Å². The van der Waals surface area contributed by atoms with Crippen LogP contribution < -0.4 is 4.74 Å². The van der Waals surface area contributed by atoms with Crippen LogP contribution in [0.4, 0.5) is 8.78 Å². The fourth-order valence-electron chi connectivity index (χ4n) is 3.67. The van der Waals surface area contributed by atoms with Crippen molar-refractivity contribution in [2.24, 2.45) is 0 Å². The van der Waals surface area contributed by atoms with Gasteiger partial charge in [0.05, 0.1) is 24.5 Å². The van der Waals surface area contributed by atoms with Crippen LogP contribution in [0.5, 0.6) is 5.75 Å². The highest BCUT2D eigenvalue weighted by atomic mass is 32.1. The Morgan fingerprint density at radius 2 is 1.77 bits per heavy atom. The largest absolute Gasteiger partial charge is 0.497 e. The fraction of sp³-hybridized carbons (Fsp3) is 0.273. The highest BCUT2D eigenvalue weighted by molar-refractivity contribution is 7.16. The zero-order valence-electron chi connectivity index (χ0n) is 16.3. The molecule has 0 bridgehead atoms. The molecule has 0 atom stereocenters. The number of carbonyl (C=O) groups excluding carboxylic acids is 1. The number of aromatic nitrogens is 1. The topological polar surface area (TPSA) is 62.7 Å². The van der Waals surface area contributed by atoms with Gasteiger partial charge in [-0.05, 0) is 49.2 Å². The molecule has 0 spiro atoms. The molecule has 1 aliphatic heterocycles. The third kappa shape index (κ3) is 3.80. The van der Waals surface area contributed by atoms with Crippen molar-refractivity contribution in [1.29, 1.82) is 0 Å². The van der Waals surface area contributed by atoms with E-state index in [0.717, 1.165) is 23.4 Å². The van der Waals surface area contributed by atoms with Crippen LogP contribution in [0.1, 0.15) is 28.1 Å². The van der Waals surface area contributed by atoms with Crippen LogP contribution in [0, 0.1) is 11.6 Å². The van der Waals surface area contributed by atoms with Crippen molar-refractivity contribution in [2.45, 2.75) is 18.4 Å². The second-order valence-electron chi connectivity index (χ2n) is 7.18. The molecule has 0 unspecified atom stereocenters. The van der Waals surface area contributed by atoms with E-state index in [1.54, 1.807) is 12.0 Å². The summed E-state index contributed by atoms with van der Waals surface area (Å²) >= 11 is 1.28. The molecule has 30 heavy (non-hydrogen) atoms. The number of halogens is 2. The number of methoxy groups -OCH3 is 1. The third-order valence-electron chi connectivity index (χ3n) is 5.36. The van der Waals surface area contributed by atoms with Gasteiger partial charge >= 0.3 is 0 Å². The Hall–Kier alpha value is -2.84. The Bertz CT molecular complexity index is 1040. The maximum atomic E-state index is 14.1. The molecule has 1 amide bonds. The summed E-state index contributed by atoms with van der Waals surface area (Å²) in [5.74, 6) is -1.02. The van der Waals surface area contributed by atoms with Crippen molar-refractivity contribution in [3.8, 4) is 16.3 Å². The maximum absolute atomic E-state index is 14.1. The van der Waals surface area contributed by atoms with Crippen molar-refractivity contribution in [2.75, 3.05) is 20.2 Å². The minimum absolute atomic E-state index is 0.0563. The number of amides is 1. The van der Waals surface area contributed by atoms with E-state index in [4.69, 9.17) is 4.74 Å². The van der Waals surface area contributed by atoms with Gasteiger partial charge in [-0.15, -0.1) is 11.3 Å². The first-order chi connectivity index (χ1) is 14.4. The predicted molar refractivity (Wildman–Crippen MR) is 109 cm³/mol. The van der Waals surface area contributed by atoms with Crippen LogP contribution in [0.2, 0.25) is 0 Å². The summed E-state index contributed by atoms with van der Waals surface area (Å²) in [6, 6.07) is 10.9. The van der Waals surface area contributed by atoms with Crippen LogP contribution in [0.3, 0.4) is 0 Å². The second-order valence-corrected chi connectivity index (χ2v) is 8.21. The zero-order valence-corrected chi connectivity index (χ0v) is 17.1. The highest BCUT2D eigenvalue weighted by Gasteiger charge is 2.39. The quantitative estimate of drug-likeness (QED) is 0.673. The Morgan fingerprint density at radius 1 is 1.13 bits per heavy atom. The Labute approximate surface area is 176 Å². The first kappa shape index (κ1) is 20.4. The summed E-state index contributed by atoms with van der Waals surface area (Å²) in [5.41, 5.74) is -1.08. The molecule has 156 valence electrons. The van der Waals surface area contributed by atoms with E-state index >= 15 is 0 Å². The number of benzene rings is 2. The number of hydrogen-bond acceptors (Lipinski definition) is 5. The number of ether oxygens (including phenoxy) is 1. The molecule has 8 heteroatoms. The average Bonchev–Trinajstić information content (AvgIpc) is 3.24. The summed E-state index contributed by atoms with van der Waals surface area (Å²) in [6.07, 6.45) is 1.64. The molecule has 0 aliphatic carbocycles. The van der Waals surface area contributed by atoms with Crippen LogP contribution >= 0.6 is 11.3 Å². The lowest BCUT2D eigenvalue weighted by Crippen LogP contribution is -2.45. The lowest BCUT2D eigenvalue weighted by molar-refractivity contribution is -0.0261. The number of nitrogens with zero attached hydrogens (tertiary/aromatic N) is 2. The molecule has 1 fully saturated rings. The summed E-state index contributed by atoms with van der Waals surface area (Å²) in [4.78, 5) is 19.3. The number of thiazole rings is 1. The van der Waals surface area contributed by atoms with Crippen molar-refractivity contribution < 1.29 is 23.4 Å². The Kier molecular flexibility index (Phi) is 5.53. The molecular weight excluding hydrogens is 410 g/mol. The highest BCUT2D eigenvalue weighted by Crippen LogP contribution is 2.37. The molecule has 0 saturated carbocycles. The maximum Gasteiger partial charge on any atom is 0.265 e. The number of hydrogen-bond donors (Lipinski definition) is 1. The average molecular weight is 430 g/mol. The van der Waals surface area contributed by atoms with Gasteiger partial charge in [0.15, 0.2) is 0 Å². The second kappa shape index (κ2) is 8.12. The Morgan fingerprint density at radius 3 is 2.37 bits per heavy atom. The molecule has 1 aliphatic rings. The normalized spacial score (nSPS) is 15.8. The minimum Gasteiger partial charge on any atom is -0.497 e. The van der Waals surface area contributed by atoms with Crippen molar-refractivity contribution in [3.63, 3.8) is 0 Å². The van der Waals surface area contributed by atoms with Crippen molar-refractivity contribution >= 4 is 17.2 Å². The van der Waals surface area contributed by atoms with Gasteiger partial charge in [0.25, 0.3) is 5.91 Å². The molecule has 4 rings (SSSR count). The molecular formula is C22H20F2N2O3S. The number of aliphatic hydroxyl groups is 1. The number of rotatable bonds is 4. The van der Waals surface area contributed by atoms with Gasteiger partial charge in [-0.3, -0.25) is 4.79 Å². The first-order valence-corrected chi connectivity index (χ1v) is 10.3. The summed E-state index contributed by atoms with van der Waals surface area (Å²) in [6.45, 7) is 0.387. The molecule has 2 heterocycles. The van der Waals surface area contributed by atoms with Gasteiger partial charge in [-0.25, -0.2) is 13.8 Å². The van der Waals surface area contributed by atoms with Gasteiger partial charge in [0, 0.05) is 18.7 Å². The summed E-state index contributed by atoms with van der Waals surface area (Å²) < 4.78 is 33.4. The van der Waals surface area contributed by atoms with Gasteiger partial charge in [0.1, 0.15) is 27.3 Å². The molecule has 1 aromatic heterocycles. The molecule has 0 radical (unpaired) electrons. The Balaban J connectivity index is 1.46. The van der Waals surface area contributed by atoms with Crippen LogP contribution in [-0.4, -0.2) is 41.1 Å². The van der Waals surface area contributed by atoms with E-state index in [9.17, 15) is 18.7 Å². The van der Waals surface area contributed by atoms with Gasteiger partial charge < -0.3 is 14.7 Å². The first-order valence-electron chi connectivity index (χ1n) is 9.48. The van der Waals surface area contributed by atoms with E-state index in [0.29, 0.717) is 9.88 Å². The van der Waals surface area contributed by atoms with Crippen molar-refractivity contribution in [3.05, 3.63) is 70.7 Å². The number of piperidine rings is 1. The molecule has 1 N–H and O–H groups in total. The SMILES string of the molecule is COc1ccc(-c2ncc(C(=O)N3CCC(O)(c4c(F)cccc4F)CC3)s2)cc1. The van der Waals surface area contributed by atoms with E-state index in [2.05, 4.69) is 4.98 Å². The van der Waals surface area contributed by atoms with E-state index in [1.165, 1.54) is 23.6 Å². The molecule has 5 nitrogen and oxygen atoms in total. The van der Waals surface area contributed by atoms with Gasteiger partial charge in [-0.2, -0.15) is 0 Å². The third-order valence-corrected chi connectivity index (χ3v) is 6.39. The van der Waals surface area contributed by atoms with E-state index < -0.39 is 17.2 Å². The summed E-state index contributed by atoms with van der Waals surface area (Å²) in [5, 5.41) is 11.5. The van der Waals surface area contributed by atoms with Crippen molar-refractivity contribution in [1.82, 2.24) is 9.88 Å². The van der Waals surface area contributed by atoms with Crippen LogP contribution in [0.15, 0.2) is 48.7 Å². The fourth-order valence-corrected chi connectivity index (χ4v) is 4.56. The van der Waals surface area contributed by atoms with Crippen LogP contribution in [0.25, 0.3) is 10.6 Å². The zero-order chi connectivity index (χ0) is 21.3. The lowest BCUT2D eigenvalue weighted by atomic mass is 9.83. The van der Waals surface area contributed by atoms with E-state index in [-0.39, 0.29) is 37.4 Å². The summed E-state index contributed by atoms with van der Waals surface area (Å²) in [7, 11) is 1.59. The standard InChI is InChI=1S/C22H20F2N2O3S/c1-29-15-7-5-14(6-8-15)20-25-13-18(30-20)21(27)26-11-9-22(28,10-12-26)19-16(23)3-2-4-17(19)24/h2-8,13,28H,9-12H2,1H3. The lowest BCUT2D eigenvalue weighted by Gasteiger charge is -2.38. The number of likely N-dealkylation sites (tertiary alicyclic amines) is 1. The smallest absolute Gasteiger partial charge is 0.265 e. The number of carbonyl (C=O) groups is 1. The monoisotopic (exact) mass is 430 g/mol.